The molecule has 0 saturated carbocycles. The maximum absolute atomic E-state index is 13.6. The van der Waals surface area contributed by atoms with Crippen LogP contribution in [0.5, 0.6) is 0 Å². The van der Waals surface area contributed by atoms with Crippen LogP contribution in [-0.2, 0) is 14.3 Å². The number of aromatic nitrogens is 3. The summed E-state index contributed by atoms with van der Waals surface area (Å²) >= 11 is 1.04. The molecule has 1 aliphatic rings. The van der Waals surface area contributed by atoms with E-state index < -0.39 is 23.1 Å². The molecule has 0 spiro atoms. The number of fused-ring (bicyclic) bond motifs is 1. The van der Waals surface area contributed by atoms with E-state index in [1.165, 1.54) is 14.2 Å². The van der Waals surface area contributed by atoms with Gasteiger partial charge in [-0.1, -0.05) is 11.8 Å². The van der Waals surface area contributed by atoms with Crippen LogP contribution in [0.15, 0.2) is 49.1 Å². The lowest BCUT2D eigenvalue weighted by Gasteiger charge is -2.23. The summed E-state index contributed by atoms with van der Waals surface area (Å²) in [6.45, 7) is 0. The maximum atomic E-state index is 13.6. The molecular weight excluding hydrogens is 432 g/mol. The van der Waals surface area contributed by atoms with Crippen molar-refractivity contribution in [2.75, 3.05) is 20.0 Å². The first-order valence-electron chi connectivity index (χ1n) is 9.41. The Labute approximate surface area is 186 Å². The number of nitrogen functional groups attached to an aromatic ring is 1. The molecule has 0 aliphatic carbocycles. The molecule has 0 amide bonds. The Hall–Kier alpha value is -3.92. The smallest absolute Gasteiger partial charge is 0.357 e. The third-order valence-corrected chi connectivity index (χ3v) is 6.22. The van der Waals surface area contributed by atoms with E-state index in [1.807, 2.05) is 0 Å². The van der Waals surface area contributed by atoms with Gasteiger partial charge in [0.05, 0.1) is 25.3 Å². The lowest BCUT2D eigenvalue weighted by atomic mass is 10.1. The number of nitrogens with zero attached hydrogens (tertiary/aromatic N) is 3. The highest BCUT2D eigenvalue weighted by Gasteiger charge is 2.38. The summed E-state index contributed by atoms with van der Waals surface area (Å²) in [5, 5.41) is -0.290. The van der Waals surface area contributed by atoms with Crippen LogP contribution >= 0.6 is 11.8 Å². The average molecular weight is 450 g/mol. The summed E-state index contributed by atoms with van der Waals surface area (Å²) in [4.78, 5) is 47.2. The molecular formula is C22H18N4O5S. The average Bonchev–Trinajstić information content (AvgIpc) is 3.12. The molecule has 9 nitrogen and oxygen atoms in total. The summed E-state index contributed by atoms with van der Waals surface area (Å²) in [5.41, 5.74) is 7.56. The van der Waals surface area contributed by atoms with Gasteiger partial charge in [0, 0.05) is 30.0 Å². The van der Waals surface area contributed by atoms with Crippen LogP contribution in [0.25, 0.3) is 11.0 Å². The molecule has 0 fully saturated rings. The van der Waals surface area contributed by atoms with Gasteiger partial charge in [-0.15, -0.1) is 0 Å². The molecule has 2 N–H and O–H groups in total. The van der Waals surface area contributed by atoms with Crippen molar-refractivity contribution in [3.8, 4) is 0 Å². The van der Waals surface area contributed by atoms with Crippen molar-refractivity contribution in [2.45, 2.75) is 5.25 Å². The van der Waals surface area contributed by atoms with Gasteiger partial charge < -0.3 is 15.2 Å². The van der Waals surface area contributed by atoms with Crippen LogP contribution in [0.3, 0.4) is 0 Å². The molecule has 0 aromatic carbocycles. The van der Waals surface area contributed by atoms with E-state index in [0.717, 1.165) is 21.9 Å². The predicted molar refractivity (Wildman–Crippen MR) is 118 cm³/mol. The van der Waals surface area contributed by atoms with Crippen LogP contribution < -0.4 is 16.3 Å². The topological polar surface area (TPSA) is 126 Å². The van der Waals surface area contributed by atoms with Gasteiger partial charge in [-0.05, 0) is 41.5 Å². The number of hydrogen-bond acceptors (Lipinski definition) is 9. The number of carbonyl (C=O) groups excluding carboxylic acids is 3. The third kappa shape index (κ3) is 3.54. The second-order valence-electron chi connectivity index (χ2n) is 6.71. The van der Waals surface area contributed by atoms with E-state index in [-0.39, 0.29) is 21.6 Å². The number of anilines is 1. The Morgan fingerprint density at radius 1 is 1.03 bits per heavy atom. The van der Waals surface area contributed by atoms with Crippen molar-refractivity contribution in [2.24, 2.45) is 0 Å². The van der Waals surface area contributed by atoms with Gasteiger partial charge in [0.2, 0.25) is 5.91 Å². The van der Waals surface area contributed by atoms with Gasteiger partial charge in [0.25, 0.3) is 0 Å². The van der Waals surface area contributed by atoms with Crippen molar-refractivity contribution in [3.63, 3.8) is 0 Å². The molecule has 0 bridgehead atoms. The highest BCUT2D eigenvalue weighted by Crippen LogP contribution is 2.39. The van der Waals surface area contributed by atoms with Gasteiger partial charge in [0.1, 0.15) is 10.2 Å². The molecule has 0 saturated heterocycles. The number of pyridine rings is 2. The van der Waals surface area contributed by atoms with Crippen molar-refractivity contribution in [3.05, 3.63) is 76.4 Å². The minimum absolute atomic E-state index is 0.0226. The largest absolute Gasteiger partial charge is 0.465 e. The third-order valence-electron chi connectivity index (χ3n) is 4.92. The first-order chi connectivity index (χ1) is 15.5. The fourth-order valence-electron chi connectivity index (χ4n) is 3.45. The van der Waals surface area contributed by atoms with E-state index in [1.54, 1.807) is 55.1 Å². The number of nitrogens with two attached hydrogens (primary N) is 1. The van der Waals surface area contributed by atoms with Crippen LogP contribution in [0.4, 0.5) is 5.69 Å². The van der Waals surface area contributed by atoms with E-state index in [4.69, 9.17) is 15.2 Å². The normalized spacial score (nSPS) is 15.9. The Balaban J connectivity index is 2.12. The molecule has 32 heavy (non-hydrogen) atoms. The van der Waals surface area contributed by atoms with Crippen LogP contribution in [0.2, 0.25) is 0 Å². The Morgan fingerprint density at radius 3 is 2.22 bits per heavy atom. The number of ether oxygens (including phenoxy) is 2. The maximum Gasteiger partial charge on any atom is 0.357 e. The van der Waals surface area contributed by atoms with Gasteiger partial charge in [0.15, 0.2) is 5.69 Å². The molecule has 1 aliphatic heterocycles. The minimum Gasteiger partial charge on any atom is -0.465 e. The van der Waals surface area contributed by atoms with Gasteiger partial charge in [-0.2, -0.15) is 0 Å². The zero-order valence-corrected chi connectivity index (χ0v) is 18.0. The van der Waals surface area contributed by atoms with Crippen LogP contribution in [-0.4, -0.2) is 46.6 Å². The number of carbonyl (C=O) groups is 3. The summed E-state index contributed by atoms with van der Waals surface area (Å²) in [7, 11) is 2.44. The quantitative estimate of drug-likeness (QED) is 0.577. The number of hydrogen-bond donors (Lipinski definition) is 1. The Morgan fingerprint density at radius 2 is 1.62 bits per heavy atom. The van der Waals surface area contributed by atoms with E-state index in [2.05, 4.69) is 9.97 Å². The lowest BCUT2D eigenvalue weighted by molar-refractivity contribution is -0.133. The predicted octanol–water partition coefficient (Wildman–Crippen LogP) is 0.885. The fourth-order valence-corrected chi connectivity index (χ4v) is 4.68. The molecule has 0 radical (unpaired) electrons. The summed E-state index contributed by atoms with van der Waals surface area (Å²) < 4.78 is 11.0. The summed E-state index contributed by atoms with van der Waals surface area (Å²) in [6, 6.07) is 6.81. The van der Waals surface area contributed by atoms with E-state index >= 15 is 0 Å². The van der Waals surface area contributed by atoms with Crippen LogP contribution in [0, 0.1) is 0 Å². The van der Waals surface area contributed by atoms with Crippen molar-refractivity contribution >= 4 is 46.3 Å². The van der Waals surface area contributed by atoms with Crippen molar-refractivity contribution in [1.82, 2.24) is 14.5 Å². The van der Waals surface area contributed by atoms with Crippen molar-refractivity contribution in [1.29, 1.82) is 0 Å². The minimum atomic E-state index is -0.816. The molecule has 10 heteroatoms. The van der Waals surface area contributed by atoms with E-state index in [0.29, 0.717) is 10.8 Å². The standard InChI is InChI=1S/C22H18N4O5S/c1-30-21(28)17-15(23)14(11-12-3-7-24-8-4-12)16-19(22(29)31-2)32-18(20(27)26(16)17)13-5-9-25-10-6-13/h3-11,18H,23H2,1-2H3/b14-11+. The molecule has 3 aromatic heterocycles. The SMILES string of the molecule is COC(=O)C1=c2/c(=C/c3ccncc3)c(N)c(C(=O)OC)n2C(=O)C(c2ccncc2)S1. The van der Waals surface area contributed by atoms with Gasteiger partial charge in [-0.25, -0.2) is 9.59 Å². The van der Waals surface area contributed by atoms with E-state index in [9.17, 15) is 14.4 Å². The zero-order valence-electron chi connectivity index (χ0n) is 17.1. The van der Waals surface area contributed by atoms with Crippen LogP contribution in [0.1, 0.15) is 31.7 Å². The first kappa shape index (κ1) is 21.3. The van der Waals surface area contributed by atoms with Crippen molar-refractivity contribution < 1.29 is 23.9 Å². The van der Waals surface area contributed by atoms with Gasteiger partial charge >= 0.3 is 11.9 Å². The number of thioether (sulfide) groups is 1. The molecule has 3 aromatic rings. The fraction of sp³-hybridized carbons (Fsp3) is 0.136. The molecule has 1 atom stereocenters. The lowest BCUT2D eigenvalue weighted by Crippen LogP contribution is -2.42. The number of rotatable bonds is 4. The molecule has 1 unspecified atom stereocenters. The molecule has 4 heterocycles. The monoisotopic (exact) mass is 450 g/mol. The second kappa shape index (κ2) is 8.67. The summed E-state index contributed by atoms with van der Waals surface area (Å²) in [5.74, 6) is -1.89. The Bertz CT molecular complexity index is 1340. The number of methoxy groups -OCH3 is 2. The molecule has 162 valence electrons. The zero-order chi connectivity index (χ0) is 22.8. The second-order valence-corrected chi connectivity index (χ2v) is 7.83. The number of esters is 2. The van der Waals surface area contributed by atoms with Gasteiger partial charge in [-0.3, -0.25) is 19.3 Å². The summed E-state index contributed by atoms with van der Waals surface area (Å²) in [6.07, 6.45) is 7.96. The first-order valence-corrected chi connectivity index (χ1v) is 10.3. The highest BCUT2D eigenvalue weighted by atomic mass is 32.2. The molecule has 4 rings (SSSR count). The highest BCUT2D eigenvalue weighted by molar-refractivity contribution is 8.10. The Kier molecular flexibility index (Phi) is 5.78.